The molecule has 0 aromatic heterocycles. The summed E-state index contributed by atoms with van der Waals surface area (Å²) in [5.74, 6) is 0.540. The lowest BCUT2D eigenvalue weighted by Gasteiger charge is -2.19. The molecule has 2 aromatic rings. The average molecular weight is 288 g/mol. The molecular weight excluding hydrogens is 270 g/mol. The minimum Gasteiger partial charge on any atom is -0.345 e. The summed E-state index contributed by atoms with van der Waals surface area (Å²) in [5, 5.41) is 3.09. The smallest absolute Gasteiger partial charge is 0.220 e. The van der Waals surface area contributed by atoms with Crippen LogP contribution in [-0.4, -0.2) is 11.8 Å². The van der Waals surface area contributed by atoms with Crippen molar-refractivity contribution in [2.24, 2.45) is 0 Å². The lowest BCUT2D eigenvalue weighted by Crippen LogP contribution is -2.29. The highest BCUT2D eigenvalue weighted by Crippen LogP contribution is 2.21. The highest BCUT2D eigenvalue weighted by molar-refractivity contribution is 6.17. The van der Waals surface area contributed by atoms with Crippen LogP contribution in [0.25, 0.3) is 0 Å². The maximum atomic E-state index is 12.0. The van der Waals surface area contributed by atoms with E-state index in [1.54, 1.807) is 0 Å². The van der Waals surface area contributed by atoms with Crippen molar-refractivity contribution in [3.05, 3.63) is 71.8 Å². The first-order valence-electron chi connectivity index (χ1n) is 6.76. The summed E-state index contributed by atoms with van der Waals surface area (Å²) < 4.78 is 0. The molecule has 2 rings (SSSR count). The summed E-state index contributed by atoms with van der Waals surface area (Å²) in [5.41, 5.74) is 2.16. The van der Waals surface area contributed by atoms with Crippen LogP contribution in [0.3, 0.4) is 0 Å². The monoisotopic (exact) mass is 287 g/mol. The molecule has 0 aliphatic heterocycles. The van der Waals surface area contributed by atoms with E-state index in [1.165, 1.54) is 0 Å². The van der Waals surface area contributed by atoms with Gasteiger partial charge >= 0.3 is 0 Å². The second-order valence-corrected chi connectivity index (χ2v) is 4.99. The fourth-order valence-corrected chi connectivity index (χ4v) is 2.24. The maximum absolute atomic E-state index is 12.0. The molecule has 1 amide bonds. The molecule has 0 heterocycles. The van der Waals surface area contributed by atoms with Gasteiger partial charge in [-0.15, -0.1) is 11.6 Å². The molecule has 3 heteroatoms. The summed E-state index contributed by atoms with van der Waals surface area (Å²) in [6.45, 7) is 0. The largest absolute Gasteiger partial charge is 0.345 e. The van der Waals surface area contributed by atoms with Crippen molar-refractivity contribution in [2.45, 2.75) is 18.9 Å². The Morgan fingerprint density at radius 2 is 1.45 bits per heavy atom. The molecule has 0 saturated carbocycles. The van der Waals surface area contributed by atoms with E-state index in [0.29, 0.717) is 18.7 Å². The number of hydrogen-bond donors (Lipinski definition) is 1. The van der Waals surface area contributed by atoms with Crippen LogP contribution < -0.4 is 5.32 Å². The molecule has 0 bridgehead atoms. The zero-order valence-electron chi connectivity index (χ0n) is 11.3. The van der Waals surface area contributed by atoms with E-state index in [2.05, 4.69) is 5.32 Å². The molecular formula is C17H18ClNO. The van der Waals surface area contributed by atoms with Gasteiger partial charge in [-0.1, -0.05) is 60.7 Å². The van der Waals surface area contributed by atoms with Gasteiger partial charge in [-0.2, -0.15) is 0 Å². The van der Waals surface area contributed by atoms with Gasteiger partial charge < -0.3 is 5.32 Å². The highest BCUT2D eigenvalue weighted by Gasteiger charge is 2.15. The molecule has 2 nitrogen and oxygen atoms in total. The van der Waals surface area contributed by atoms with Gasteiger partial charge in [-0.05, 0) is 17.5 Å². The van der Waals surface area contributed by atoms with E-state index in [9.17, 15) is 4.79 Å². The molecule has 1 N–H and O–H groups in total. The summed E-state index contributed by atoms with van der Waals surface area (Å²) in [6.07, 6.45) is 1.16. The lowest BCUT2D eigenvalue weighted by molar-refractivity contribution is -0.121. The fourth-order valence-electron chi connectivity index (χ4n) is 2.11. The fraction of sp³-hybridized carbons (Fsp3) is 0.235. The van der Waals surface area contributed by atoms with E-state index in [-0.39, 0.29) is 11.9 Å². The van der Waals surface area contributed by atoms with E-state index < -0.39 is 0 Å². The van der Waals surface area contributed by atoms with E-state index >= 15 is 0 Å². The third-order valence-electron chi connectivity index (χ3n) is 3.11. The van der Waals surface area contributed by atoms with E-state index in [0.717, 1.165) is 11.1 Å². The van der Waals surface area contributed by atoms with Gasteiger partial charge in [-0.3, -0.25) is 4.79 Å². The number of halogens is 1. The second kappa shape index (κ2) is 7.71. The Labute approximate surface area is 124 Å². The summed E-state index contributed by atoms with van der Waals surface area (Å²) >= 11 is 5.64. The topological polar surface area (TPSA) is 29.1 Å². The Balaban J connectivity index is 2.19. The summed E-state index contributed by atoms with van der Waals surface area (Å²) in [6, 6.07) is 19.9. The number of nitrogens with one attached hydrogen (secondary N) is 1. The molecule has 0 atom stereocenters. The standard InChI is InChI=1S/C17H18ClNO/c18-13-7-12-16(20)19-17(14-8-3-1-4-9-14)15-10-5-2-6-11-15/h1-6,8-11,17H,7,12-13H2,(H,19,20). The number of carbonyl (C=O) groups is 1. The van der Waals surface area contributed by atoms with Crippen LogP contribution in [0.2, 0.25) is 0 Å². The van der Waals surface area contributed by atoms with Crippen LogP contribution in [0.4, 0.5) is 0 Å². The van der Waals surface area contributed by atoms with Gasteiger partial charge in [0.1, 0.15) is 0 Å². The first-order chi connectivity index (χ1) is 9.81. The van der Waals surface area contributed by atoms with Crippen LogP contribution in [0.5, 0.6) is 0 Å². The molecule has 104 valence electrons. The minimum absolute atomic E-state index is 0.0309. The molecule has 20 heavy (non-hydrogen) atoms. The third-order valence-corrected chi connectivity index (χ3v) is 3.38. The number of alkyl halides is 1. The zero-order chi connectivity index (χ0) is 14.2. The molecule has 0 radical (unpaired) electrons. The van der Waals surface area contributed by atoms with Gasteiger partial charge in [0.25, 0.3) is 0 Å². The van der Waals surface area contributed by atoms with Crippen molar-refractivity contribution >= 4 is 17.5 Å². The molecule has 0 unspecified atom stereocenters. The summed E-state index contributed by atoms with van der Waals surface area (Å²) in [7, 11) is 0. The highest BCUT2D eigenvalue weighted by atomic mass is 35.5. The number of amides is 1. The minimum atomic E-state index is -0.111. The van der Waals surface area contributed by atoms with Crippen LogP contribution >= 0.6 is 11.6 Å². The first-order valence-corrected chi connectivity index (χ1v) is 7.30. The molecule has 2 aromatic carbocycles. The van der Waals surface area contributed by atoms with Crippen molar-refractivity contribution in [2.75, 3.05) is 5.88 Å². The molecule has 0 saturated heterocycles. The SMILES string of the molecule is O=C(CCCCl)NC(c1ccccc1)c1ccccc1. The predicted octanol–water partition coefficient (Wildman–Crippen LogP) is 3.91. The van der Waals surface area contributed by atoms with Gasteiger partial charge in [0, 0.05) is 12.3 Å². The van der Waals surface area contributed by atoms with Crippen molar-refractivity contribution in [1.82, 2.24) is 5.32 Å². The first kappa shape index (κ1) is 14.6. The maximum Gasteiger partial charge on any atom is 0.220 e. The Hall–Kier alpha value is -1.80. The molecule has 0 aliphatic rings. The third kappa shape index (κ3) is 4.10. The Bertz CT molecular complexity index is 488. The Morgan fingerprint density at radius 1 is 0.950 bits per heavy atom. The Morgan fingerprint density at radius 3 is 1.90 bits per heavy atom. The van der Waals surface area contributed by atoms with Gasteiger partial charge in [0.2, 0.25) is 5.91 Å². The Kier molecular flexibility index (Phi) is 5.63. The van der Waals surface area contributed by atoms with Gasteiger partial charge in [0.05, 0.1) is 6.04 Å². The molecule has 0 aliphatic carbocycles. The summed E-state index contributed by atoms with van der Waals surface area (Å²) in [4.78, 5) is 12.0. The van der Waals surface area contributed by atoms with Gasteiger partial charge in [0.15, 0.2) is 0 Å². The predicted molar refractivity (Wildman–Crippen MR) is 82.8 cm³/mol. The van der Waals surface area contributed by atoms with Crippen molar-refractivity contribution < 1.29 is 4.79 Å². The number of benzene rings is 2. The normalized spacial score (nSPS) is 10.5. The molecule has 0 spiro atoms. The number of rotatable bonds is 6. The van der Waals surface area contributed by atoms with Gasteiger partial charge in [-0.25, -0.2) is 0 Å². The quantitative estimate of drug-likeness (QED) is 0.802. The van der Waals surface area contributed by atoms with Crippen molar-refractivity contribution in [1.29, 1.82) is 0 Å². The average Bonchev–Trinajstić information content (AvgIpc) is 2.52. The van der Waals surface area contributed by atoms with E-state index in [4.69, 9.17) is 11.6 Å². The number of hydrogen-bond acceptors (Lipinski definition) is 1. The number of carbonyl (C=O) groups excluding carboxylic acids is 1. The van der Waals surface area contributed by atoms with Crippen LogP contribution in [-0.2, 0) is 4.79 Å². The second-order valence-electron chi connectivity index (χ2n) is 4.61. The van der Waals surface area contributed by atoms with Crippen LogP contribution in [0.15, 0.2) is 60.7 Å². The lowest BCUT2D eigenvalue weighted by atomic mass is 9.98. The zero-order valence-corrected chi connectivity index (χ0v) is 12.0. The van der Waals surface area contributed by atoms with Crippen molar-refractivity contribution in [3.63, 3.8) is 0 Å². The van der Waals surface area contributed by atoms with E-state index in [1.807, 2.05) is 60.7 Å². The molecule has 0 fully saturated rings. The van der Waals surface area contributed by atoms with Crippen LogP contribution in [0, 0.1) is 0 Å². The van der Waals surface area contributed by atoms with Crippen LogP contribution in [0.1, 0.15) is 30.0 Å². The van der Waals surface area contributed by atoms with Crippen molar-refractivity contribution in [3.8, 4) is 0 Å².